The minimum absolute atomic E-state index is 0.000244. The quantitative estimate of drug-likeness (QED) is 0.737. The Morgan fingerprint density at radius 2 is 1.82 bits per heavy atom. The normalized spacial score (nSPS) is 21.9. The summed E-state index contributed by atoms with van der Waals surface area (Å²) in [4.78, 5) is 51.4. The summed E-state index contributed by atoms with van der Waals surface area (Å²) in [6, 6.07) is 1.27. The second kappa shape index (κ2) is 6.83. The van der Waals surface area contributed by atoms with Crippen LogP contribution in [0, 0.1) is 5.82 Å². The van der Waals surface area contributed by atoms with Crippen molar-refractivity contribution in [1.82, 2.24) is 10.2 Å². The third-order valence-electron chi connectivity index (χ3n) is 5.26. The van der Waals surface area contributed by atoms with Crippen LogP contribution in [0.4, 0.5) is 10.1 Å². The summed E-state index contributed by atoms with van der Waals surface area (Å²) < 4.78 is 14.7. The fourth-order valence-electron chi connectivity index (χ4n) is 3.84. The second-order valence-corrected chi connectivity index (χ2v) is 7.00. The Kier molecular flexibility index (Phi) is 4.46. The topological polar surface area (TPSA) is 107 Å². The number of anilines is 1. The number of hydrogen-bond donors (Lipinski definition) is 2. The first-order chi connectivity index (χ1) is 13.4. The number of aliphatic hydroxyl groups is 1. The van der Waals surface area contributed by atoms with E-state index in [9.17, 15) is 23.6 Å². The van der Waals surface area contributed by atoms with Crippen LogP contribution < -0.4 is 10.2 Å². The van der Waals surface area contributed by atoms with Crippen LogP contribution in [0.3, 0.4) is 0 Å². The van der Waals surface area contributed by atoms with Gasteiger partial charge in [-0.05, 0) is 37.0 Å². The van der Waals surface area contributed by atoms with Gasteiger partial charge in [0.1, 0.15) is 11.9 Å². The molecule has 4 rings (SSSR count). The molecule has 2 N–H and O–H groups in total. The molecule has 1 aromatic carbocycles. The van der Waals surface area contributed by atoms with Crippen LogP contribution in [0.2, 0.25) is 0 Å². The number of nitrogens with one attached hydrogen (secondary N) is 1. The lowest BCUT2D eigenvalue weighted by atomic mass is 10.0. The summed E-state index contributed by atoms with van der Waals surface area (Å²) in [6.45, 7) is 0.504. The molecule has 1 aromatic rings. The number of rotatable bonds is 4. The highest BCUT2D eigenvalue weighted by molar-refractivity contribution is 6.23. The predicted molar refractivity (Wildman–Crippen MR) is 94.8 cm³/mol. The van der Waals surface area contributed by atoms with Gasteiger partial charge >= 0.3 is 0 Å². The fourth-order valence-corrected chi connectivity index (χ4v) is 3.84. The van der Waals surface area contributed by atoms with Gasteiger partial charge in [-0.1, -0.05) is 0 Å². The Balaban J connectivity index is 1.66. The monoisotopic (exact) mass is 387 g/mol. The van der Waals surface area contributed by atoms with E-state index in [2.05, 4.69) is 5.32 Å². The van der Waals surface area contributed by atoms with Crippen molar-refractivity contribution in [2.45, 2.75) is 31.7 Å². The zero-order valence-corrected chi connectivity index (χ0v) is 14.9. The zero-order chi connectivity index (χ0) is 20.0. The molecule has 9 heteroatoms. The van der Waals surface area contributed by atoms with Gasteiger partial charge in [0.2, 0.25) is 11.8 Å². The summed E-state index contributed by atoms with van der Waals surface area (Å²) in [6.07, 6.45) is 2.97. The molecule has 3 aliphatic heterocycles. The van der Waals surface area contributed by atoms with Crippen molar-refractivity contribution in [2.24, 2.45) is 0 Å². The number of fused-ring (bicyclic) bond motifs is 1. The van der Waals surface area contributed by atoms with Crippen LogP contribution in [-0.4, -0.2) is 52.8 Å². The summed E-state index contributed by atoms with van der Waals surface area (Å²) in [5, 5.41) is 11.2. The molecule has 4 amide bonds. The minimum atomic E-state index is -1.08. The second-order valence-electron chi connectivity index (χ2n) is 7.00. The molecular weight excluding hydrogens is 369 g/mol. The number of imide groups is 2. The van der Waals surface area contributed by atoms with E-state index < -0.39 is 35.5 Å². The van der Waals surface area contributed by atoms with E-state index in [4.69, 9.17) is 5.11 Å². The Hall–Kier alpha value is -3.07. The Bertz CT molecular complexity index is 942. The minimum Gasteiger partial charge on any atom is -0.396 e. The first-order valence-electron chi connectivity index (χ1n) is 9.03. The largest absolute Gasteiger partial charge is 0.396 e. The lowest BCUT2D eigenvalue weighted by Crippen LogP contribution is -2.54. The summed E-state index contributed by atoms with van der Waals surface area (Å²) >= 11 is 0. The Labute approximate surface area is 159 Å². The molecule has 3 heterocycles. The third kappa shape index (κ3) is 2.88. The van der Waals surface area contributed by atoms with Crippen molar-refractivity contribution >= 4 is 29.3 Å². The van der Waals surface area contributed by atoms with Crippen molar-refractivity contribution in [2.75, 3.05) is 18.1 Å². The number of hydrogen-bond acceptors (Lipinski definition) is 6. The average Bonchev–Trinajstić information content (AvgIpc) is 3.19. The average molecular weight is 387 g/mol. The van der Waals surface area contributed by atoms with E-state index in [0.717, 1.165) is 16.5 Å². The first kappa shape index (κ1) is 18.3. The number of benzene rings is 1. The molecule has 146 valence electrons. The number of halogens is 1. The zero-order valence-electron chi connectivity index (χ0n) is 14.9. The van der Waals surface area contributed by atoms with Gasteiger partial charge in [-0.2, -0.15) is 0 Å². The first-order valence-corrected chi connectivity index (χ1v) is 9.03. The van der Waals surface area contributed by atoms with Gasteiger partial charge in [-0.25, -0.2) is 4.39 Å². The van der Waals surface area contributed by atoms with E-state index >= 15 is 0 Å². The maximum absolute atomic E-state index is 14.7. The van der Waals surface area contributed by atoms with E-state index in [1.54, 1.807) is 11.1 Å². The number of carbonyl (C=O) groups excluding carboxylic acids is 4. The molecule has 1 unspecified atom stereocenters. The van der Waals surface area contributed by atoms with Crippen LogP contribution in [0.1, 0.15) is 46.4 Å². The highest BCUT2D eigenvalue weighted by atomic mass is 19.1. The van der Waals surface area contributed by atoms with E-state index in [1.807, 2.05) is 0 Å². The van der Waals surface area contributed by atoms with E-state index in [1.165, 1.54) is 6.07 Å². The Morgan fingerprint density at radius 3 is 2.50 bits per heavy atom. The molecular formula is C19H18FN3O5. The molecule has 8 nitrogen and oxygen atoms in total. The standard InChI is InChI=1S/C19H18FN3O5/c20-13-7-11-12(8-15(13)22-5-3-10(9-22)4-6-24)19(28)23(18(11)27)14-1-2-16(25)21-17(14)26/h7-9,14,24H,1-6H2,(H,21,25,26). The molecule has 0 spiro atoms. The van der Waals surface area contributed by atoms with Crippen molar-refractivity contribution in [3.63, 3.8) is 0 Å². The molecule has 0 saturated carbocycles. The van der Waals surface area contributed by atoms with Gasteiger partial charge in [0.15, 0.2) is 0 Å². The van der Waals surface area contributed by atoms with Gasteiger partial charge in [-0.3, -0.25) is 29.4 Å². The lowest BCUT2D eigenvalue weighted by molar-refractivity contribution is -0.136. The van der Waals surface area contributed by atoms with Gasteiger partial charge in [0, 0.05) is 25.8 Å². The smallest absolute Gasteiger partial charge is 0.262 e. The van der Waals surface area contributed by atoms with E-state index in [0.29, 0.717) is 19.4 Å². The maximum Gasteiger partial charge on any atom is 0.262 e. The summed E-state index contributed by atoms with van der Waals surface area (Å²) in [5.74, 6) is -3.22. The molecule has 1 saturated heterocycles. The fraction of sp³-hybridized carbons (Fsp3) is 0.368. The van der Waals surface area contributed by atoms with E-state index in [-0.39, 0.29) is 36.3 Å². The van der Waals surface area contributed by atoms with Crippen LogP contribution >= 0.6 is 0 Å². The van der Waals surface area contributed by atoms with Gasteiger partial charge in [-0.15, -0.1) is 0 Å². The molecule has 1 fully saturated rings. The van der Waals surface area contributed by atoms with Crippen molar-refractivity contribution in [3.8, 4) is 0 Å². The molecule has 0 aliphatic carbocycles. The van der Waals surface area contributed by atoms with Gasteiger partial charge < -0.3 is 10.0 Å². The molecule has 0 bridgehead atoms. The van der Waals surface area contributed by atoms with Crippen LogP contribution in [0.25, 0.3) is 0 Å². The van der Waals surface area contributed by atoms with Crippen LogP contribution in [0.15, 0.2) is 23.9 Å². The third-order valence-corrected chi connectivity index (χ3v) is 5.26. The molecule has 0 radical (unpaired) electrons. The maximum atomic E-state index is 14.7. The SMILES string of the molecule is O=C1CCC(N2C(=O)c3cc(F)c(N4C=C(CCO)CC4)cc3C2=O)C(=O)N1. The summed E-state index contributed by atoms with van der Waals surface area (Å²) in [5.41, 5.74) is 1.08. The van der Waals surface area contributed by atoms with Crippen molar-refractivity contribution in [3.05, 3.63) is 40.8 Å². The van der Waals surface area contributed by atoms with Crippen LogP contribution in [0.5, 0.6) is 0 Å². The van der Waals surface area contributed by atoms with Crippen LogP contribution in [-0.2, 0) is 9.59 Å². The highest BCUT2D eigenvalue weighted by Crippen LogP contribution is 2.34. The number of nitrogens with zero attached hydrogens (tertiary/aromatic N) is 2. The number of carbonyl (C=O) groups is 4. The van der Waals surface area contributed by atoms with Gasteiger partial charge in [0.25, 0.3) is 11.8 Å². The predicted octanol–water partition coefficient (Wildman–Crippen LogP) is 0.703. The number of aliphatic hydroxyl groups excluding tert-OH is 1. The highest BCUT2D eigenvalue weighted by Gasteiger charge is 2.45. The molecule has 3 aliphatic rings. The van der Waals surface area contributed by atoms with Crippen molar-refractivity contribution in [1.29, 1.82) is 0 Å². The number of amides is 4. The van der Waals surface area contributed by atoms with Gasteiger partial charge in [0.05, 0.1) is 16.8 Å². The summed E-state index contributed by atoms with van der Waals surface area (Å²) in [7, 11) is 0. The molecule has 1 atom stereocenters. The molecule has 28 heavy (non-hydrogen) atoms. The lowest BCUT2D eigenvalue weighted by Gasteiger charge is -2.27. The Morgan fingerprint density at radius 1 is 1.11 bits per heavy atom. The molecule has 0 aromatic heterocycles. The van der Waals surface area contributed by atoms with Crippen molar-refractivity contribution < 1.29 is 28.7 Å². The number of piperidine rings is 1.